The molecule has 2 heterocycles. The van der Waals surface area contributed by atoms with Gasteiger partial charge in [-0.3, -0.25) is 9.69 Å². The molecule has 98 valence electrons. The molecule has 4 nitrogen and oxygen atoms in total. The maximum absolute atomic E-state index is 11.9. The fourth-order valence-corrected chi connectivity index (χ4v) is 2.95. The molecule has 4 heteroatoms. The van der Waals surface area contributed by atoms with Crippen molar-refractivity contribution < 1.29 is 4.79 Å². The molecule has 1 amide bonds. The summed E-state index contributed by atoms with van der Waals surface area (Å²) >= 11 is 0. The molecule has 2 fully saturated rings. The molecule has 0 spiro atoms. The van der Waals surface area contributed by atoms with Crippen molar-refractivity contribution in [1.29, 1.82) is 0 Å². The number of likely N-dealkylation sites (N-methyl/N-ethyl adjacent to an activating group) is 1. The molecule has 2 atom stereocenters. The van der Waals surface area contributed by atoms with E-state index in [2.05, 4.69) is 22.5 Å². The number of hydrogen-bond acceptors (Lipinski definition) is 3. The third kappa shape index (κ3) is 3.42. The van der Waals surface area contributed by atoms with Crippen molar-refractivity contribution in [3.05, 3.63) is 0 Å². The van der Waals surface area contributed by atoms with E-state index in [0.717, 1.165) is 32.6 Å². The minimum atomic E-state index is 0.202. The summed E-state index contributed by atoms with van der Waals surface area (Å²) in [4.78, 5) is 14.4. The monoisotopic (exact) mass is 239 g/mol. The zero-order chi connectivity index (χ0) is 12.1. The second kappa shape index (κ2) is 6.36. The molecule has 0 saturated carbocycles. The van der Waals surface area contributed by atoms with Gasteiger partial charge in [-0.15, -0.1) is 0 Å². The highest BCUT2D eigenvalue weighted by atomic mass is 16.1. The summed E-state index contributed by atoms with van der Waals surface area (Å²) in [5, 5.41) is 6.38. The summed E-state index contributed by atoms with van der Waals surface area (Å²) in [6.45, 7) is 7.19. The van der Waals surface area contributed by atoms with Crippen LogP contribution in [0.25, 0.3) is 0 Å². The lowest BCUT2D eigenvalue weighted by Crippen LogP contribution is -2.47. The van der Waals surface area contributed by atoms with Crippen LogP contribution < -0.4 is 10.6 Å². The first-order valence-electron chi connectivity index (χ1n) is 7.03. The van der Waals surface area contributed by atoms with Crippen LogP contribution in [0.1, 0.15) is 32.6 Å². The van der Waals surface area contributed by atoms with E-state index in [1.807, 2.05) is 0 Å². The lowest BCUT2D eigenvalue weighted by molar-refractivity contribution is -0.124. The number of piperidine rings is 1. The quantitative estimate of drug-likeness (QED) is 0.754. The van der Waals surface area contributed by atoms with Crippen LogP contribution in [-0.4, -0.2) is 49.6 Å². The fraction of sp³-hybridized carbons (Fsp3) is 0.923. The van der Waals surface area contributed by atoms with Gasteiger partial charge in [0.25, 0.3) is 0 Å². The van der Waals surface area contributed by atoms with Crippen LogP contribution >= 0.6 is 0 Å². The summed E-state index contributed by atoms with van der Waals surface area (Å²) in [6, 6.07) is 0.562. The molecule has 2 aliphatic heterocycles. The average Bonchev–Trinajstić information content (AvgIpc) is 2.90. The Morgan fingerprint density at radius 3 is 3.00 bits per heavy atom. The predicted molar refractivity (Wildman–Crippen MR) is 68.9 cm³/mol. The Morgan fingerprint density at radius 1 is 1.41 bits per heavy atom. The van der Waals surface area contributed by atoms with E-state index in [9.17, 15) is 4.79 Å². The minimum absolute atomic E-state index is 0.202. The summed E-state index contributed by atoms with van der Waals surface area (Å²) in [7, 11) is 0. The van der Waals surface area contributed by atoms with Crippen molar-refractivity contribution in [2.24, 2.45) is 5.92 Å². The Bertz CT molecular complexity index is 251. The van der Waals surface area contributed by atoms with Gasteiger partial charge in [0.15, 0.2) is 0 Å². The van der Waals surface area contributed by atoms with Gasteiger partial charge in [0.05, 0.1) is 5.92 Å². The number of rotatable bonds is 4. The largest absolute Gasteiger partial charge is 0.354 e. The van der Waals surface area contributed by atoms with Gasteiger partial charge in [0.1, 0.15) is 0 Å². The van der Waals surface area contributed by atoms with E-state index < -0.39 is 0 Å². The summed E-state index contributed by atoms with van der Waals surface area (Å²) in [5.41, 5.74) is 0. The number of amides is 1. The van der Waals surface area contributed by atoms with Gasteiger partial charge in [-0.1, -0.05) is 13.3 Å². The minimum Gasteiger partial charge on any atom is -0.354 e. The second-order valence-electron chi connectivity index (χ2n) is 5.21. The van der Waals surface area contributed by atoms with Crippen LogP contribution in [0.4, 0.5) is 0 Å². The highest BCUT2D eigenvalue weighted by Crippen LogP contribution is 2.16. The molecule has 0 bridgehead atoms. The van der Waals surface area contributed by atoms with Crippen LogP contribution in [0.5, 0.6) is 0 Å². The SMILES string of the molecule is CCN1CCCCC1CNC(=O)C1CCNC1. The topological polar surface area (TPSA) is 44.4 Å². The summed E-state index contributed by atoms with van der Waals surface area (Å²) in [5.74, 6) is 0.449. The van der Waals surface area contributed by atoms with Gasteiger partial charge < -0.3 is 10.6 Å². The van der Waals surface area contributed by atoms with Gasteiger partial charge in [-0.05, 0) is 38.9 Å². The third-order valence-electron chi connectivity index (χ3n) is 4.10. The van der Waals surface area contributed by atoms with Gasteiger partial charge in [0.2, 0.25) is 5.91 Å². The van der Waals surface area contributed by atoms with Crippen LogP contribution in [0.2, 0.25) is 0 Å². The third-order valence-corrected chi connectivity index (χ3v) is 4.10. The van der Waals surface area contributed by atoms with Crippen molar-refractivity contribution in [3.8, 4) is 0 Å². The average molecular weight is 239 g/mol. The highest BCUT2D eigenvalue weighted by Gasteiger charge is 2.25. The van der Waals surface area contributed by atoms with Gasteiger partial charge in [-0.25, -0.2) is 0 Å². The fourth-order valence-electron chi connectivity index (χ4n) is 2.95. The first kappa shape index (κ1) is 12.8. The molecule has 2 unspecified atom stereocenters. The normalized spacial score (nSPS) is 30.4. The lowest BCUT2D eigenvalue weighted by Gasteiger charge is -2.35. The molecule has 0 aromatic rings. The molecule has 0 aromatic carbocycles. The maximum Gasteiger partial charge on any atom is 0.224 e. The molecule has 0 radical (unpaired) electrons. The van der Waals surface area contributed by atoms with E-state index in [1.54, 1.807) is 0 Å². The molecule has 2 aliphatic rings. The van der Waals surface area contributed by atoms with Crippen LogP contribution in [0.3, 0.4) is 0 Å². The smallest absolute Gasteiger partial charge is 0.224 e. The highest BCUT2D eigenvalue weighted by molar-refractivity contribution is 5.79. The Kier molecular flexibility index (Phi) is 4.80. The van der Waals surface area contributed by atoms with Gasteiger partial charge in [0, 0.05) is 19.1 Å². The van der Waals surface area contributed by atoms with Crippen molar-refractivity contribution in [1.82, 2.24) is 15.5 Å². The van der Waals surface area contributed by atoms with Crippen molar-refractivity contribution >= 4 is 5.91 Å². The zero-order valence-corrected chi connectivity index (χ0v) is 10.9. The van der Waals surface area contributed by atoms with Crippen LogP contribution in [0, 0.1) is 5.92 Å². The molecule has 2 rings (SSSR count). The van der Waals surface area contributed by atoms with E-state index in [-0.39, 0.29) is 11.8 Å². The molecular weight excluding hydrogens is 214 g/mol. The molecule has 0 aliphatic carbocycles. The number of carbonyl (C=O) groups excluding carboxylic acids is 1. The molecule has 17 heavy (non-hydrogen) atoms. The Labute approximate surface area is 104 Å². The number of carbonyl (C=O) groups is 1. The van der Waals surface area contributed by atoms with Crippen LogP contribution in [0.15, 0.2) is 0 Å². The van der Waals surface area contributed by atoms with Gasteiger partial charge >= 0.3 is 0 Å². The van der Waals surface area contributed by atoms with Crippen molar-refractivity contribution in [2.75, 3.05) is 32.7 Å². The molecule has 0 aromatic heterocycles. The van der Waals surface area contributed by atoms with Gasteiger partial charge in [-0.2, -0.15) is 0 Å². The molecular formula is C13H25N3O. The molecule has 2 N–H and O–H groups in total. The molecule has 2 saturated heterocycles. The zero-order valence-electron chi connectivity index (χ0n) is 10.9. The van der Waals surface area contributed by atoms with E-state index in [1.165, 1.54) is 25.8 Å². The first-order valence-corrected chi connectivity index (χ1v) is 7.03. The van der Waals surface area contributed by atoms with Crippen molar-refractivity contribution in [3.63, 3.8) is 0 Å². The summed E-state index contributed by atoms with van der Waals surface area (Å²) in [6.07, 6.45) is 4.85. The van der Waals surface area contributed by atoms with Crippen molar-refractivity contribution in [2.45, 2.75) is 38.6 Å². The Balaban J connectivity index is 1.74. The number of nitrogens with one attached hydrogen (secondary N) is 2. The number of likely N-dealkylation sites (tertiary alicyclic amines) is 1. The number of nitrogens with zero attached hydrogens (tertiary/aromatic N) is 1. The van der Waals surface area contributed by atoms with E-state index >= 15 is 0 Å². The Hall–Kier alpha value is -0.610. The van der Waals surface area contributed by atoms with Crippen LogP contribution in [-0.2, 0) is 4.79 Å². The Morgan fingerprint density at radius 2 is 2.29 bits per heavy atom. The summed E-state index contributed by atoms with van der Waals surface area (Å²) < 4.78 is 0. The second-order valence-corrected chi connectivity index (χ2v) is 5.21. The van der Waals surface area contributed by atoms with E-state index in [4.69, 9.17) is 0 Å². The maximum atomic E-state index is 11.9. The first-order chi connectivity index (χ1) is 8.31. The number of hydrogen-bond donors (Lipinski definition) is 2. The lowest BCUT2D eigenvalue weighted by atomic mass is 10.0. The standard InChI is InChI=1S/C13H25N3O/c1-2-16-8-4-3-5-12(16)10-15-13(17)11-6-7-14-9-11/h11-12,14H,2-10H2,1H3,(H,15,17). The predicted octanol–water partition coefficient (Wildman–Crippen LogP) is 0.587. The van der Waals surface area contributed by atoms with E-state index in [0.29, 0.717) is 6.04 Å².